The molecule has 5 rings (SSSR count). The fourth-order valence-corrected chi connectivity index (χ4v) is 3.66. The summed E-state index contributed by atoms with van der Waals surface area (Å²) in [7, 11) is 0. The molecular formula is C20H22N2O3. The van der Waals surface area contributed by atoms with Crippen LogP contribution in [0, 0.1) is 5.92 Å². The van der Waals surface area contributed by atoms with Gasteiger partial charge in [0, 0.05) is 11.5 Å². The summed E-state index contributed by atoms with van der Waals surface area (Å²) in [4.78, 5) is 16.6. The molecule has 1 aromatic heterocycles. The van der Waals surface area contributed by atoms with Crippen LogP contribution in [0.1, 0.15) is 67.4 Å². The Labute approximate surface area is 146 Å². The van der Waals surface area contributed by atoms with E-state index in [1.165, 1.54) is 24.0 Å². The predicted octanol–water partition coefficient (Wildman–Crippen LogP) is 3.99. The first kappa shape index (κ1) is 15.1. The summed E-state index contributed by atoms with van der Waals surface area (Å²) in [6.45, 7) is 0.610. The summed E-state index contributed by atoms with van der Waals surface area (Å²) in [6, 6.07) is 6.34. The van der Waals surface area contributed by atoms with Gasteiger partial charge in [0.25, 0.3) is 0 Å². The number of esters is 1. The molecule has 0 unspecified atom stereocenters. The molecule has 2 fully saturated rings. The molecule has 1 aromatic carbocycles. The van der Waals surface area contributed by atoms with Crippen LogP contribution in [0.4, 0.5) is 0 Å². The van der Waals surface area contributed by atoms with Crippen molar-refractivity contribution < 1.29 is 14.1 Å². The van der Waals surface area contributed by atoms with Crippen LogP contribution in [0.2, 0.25) is 0 Å². The van der Waals surface area contributed by atoms with E-state index >= 15 is 0 Å². The molecule has 0 spiro atoms. The smallest absolute Gasteiger partial charge is 0.306 e. The van der Waals surface area contributed by atoms with Crippen LogP contribution < -0.4 is 0 Å². The number of hydrogen-bond donors (Lipinski definition) is 0. The first-order chi connectivity index (χ1) is 12.3. The average Bonchev–Trinajstić information content (AvgIpc) is 3.55. The van der Waals surface area contributed by atoms with E-state index in [9.17, 15) is 4.79 Å². The van der Waals surface area contributed by atoms with E-state index in [4.69, 9.17) is 9.26 Å². The quantitative estimate of drug-likeness (QED) is 0.745. The number of aromatic nitrogens is 2. The number of hydrogen-bond acceptors (Lipinski definition) is 5. The van der Waals surface area contributed by atoms with Crippen LogP contribution >= 0.6 is 0 Å². The third-order valence-electron chi connectivity index (χ3n) is 5.56. The largest absolute Gasteiger partial charge is 0.465 e. The summed E-state index contributed by atoms with van der Waals surface area (Å²) in [5, 5.41) is 4.13. The standard InChI is InChI=1S/C20H22N2O3/c23-18(24-11-12-1-2-12)10-15-6-5-14-9-16(7-8-17(14)15)19-21-20(25-22-19)13-3-4-13/h7-9,12-13,15H,1-6,10-11H2/t15-/m0/s1. The van der Waals surface area contributed by atoms with Gasteiger partial charge in [-0.15, -0.1) is 0 Å². The third-order valence-corrected chi connectivity index (χ3v) is 5.56. The van der Waals surface area contributed by atoms with Gasteiger partial charge in [0.2, 0.25) is 11.7 Å². The molecule has 0 radical (unpaired) electrons. The minimum absolute atomic E-state index is 0.0546. The van der Waals surface area contributed by atoms with Gasteiger partial charge in [0.15, 0.2) is 0 Å². The Morgan fingerprint density at radius 1 is 1.20 bits per heavy atom. The number of carbonyl (C=O) groups excluding carboxylic acids is 1. The number of benzene rings is 1. The Kier molecular flexibility index (Phi) is 3.61. The molecule has 0 aliphatic heterocycles. The number of fused-ring (bicyclic) bond motifs is 1. The monoisotopic (exact) mass is 338 g/mol. The number of carbonyl (C=O) groups is 1. The number of rotatable bonds is 6. The number of ether oxygens (including phenoxy) is 1. The van der Waals surface area contributed by atoms with E-state index in [1.54, 1.807) is 0 Å². The Morgan fingerprint density at radius 2 is 2.08 bits per heavy atom. The molecule has 3 aliphatic rings. The maximum Gasteiger partial charge on any atom is 0.306 e. The molecule has 0 amide bonds. The van der Waals surface area contributed by atoms with Gasteiger partial charge in [-0.05, 0) is 67.6 Å². The molecule has 2 aromatic rings. The van der Waals surface area contributed by atoms with E-state index in [0.29, 0.717) is 30.7 Å². The second-order valence-corrected chi connectivity index (χ2v) is 7.71. The van der Waals surface area contributed by atoms with Crippen molar-refractivity contribution in [2.24, 2.45) is 5.92 Å². The third kappa shape index (κ3) is 3.20. The molecule has 1 atom stereocenters. The lowest BCUT2D eigenvalue weighted by atomic mass is 9.97. The molecule has 5 nitrogen and oxygen atoms in total. The molecule has 0 bridgehead atoms. The highest BCUT2D eigenvalue weighted by Gasteiger charge is 2.31. The van der Waals surface area contributed by atoms with Crippen molar-refractivity contribution in [3.8, 4) is 11.4 Å². The highest BCUT2D eigenvalue weighted by molar-refractivity contribution is 5.71. The van der Waals surface area contributed by atoms with Crippen LogP contribution in [0.5, 0.6) is 0 Å². The second kappa shape index (κ2) is 5.97. The second-order valence-electron chi connectivity index (χ2n) is 7.71. The fraction of sp³-hybridized carbons (Fsp3) is 0.550. The van der Waals surface area contributed by atoms with Gasteiger partial charge in [-0.25, -0.2) is 0 Å². The molecule has 1 heterocycles. The molecule has 130 valence electrons. The van der Waals surface area contributed by atoms with Crippen molar-refractivity contribution in [2.75, 3.05) is 6.61 Å². The van der Waals surface area contributed by atoms with Crippen molar-refractivity contribution in [3.63, 3.8) is 0 Å². The van der Waals surface area contributed by atoms with Gasteiger partial charge in [0.1, 0.15) is 0 Å². The summed E-state index contributed by atoms with van der Waals surface area (Å²) in [5.74, 6) is 2.77. The minimum Gasteiger partial charge on any atom is -0.465 e. The van der Waals surface area contributed by atoms with Crippen LogP contribution in [-0.4, -0.2) is 22.7 Å². The normalized spacial score (nSPS) is 22.0. The van der Waals surface area contributed by atoms with E-state index in [2.05, 4.69) is 22.3 Å². The topological polar surface area (TPSA) is 65.2 Å². The van der Waals surface area contributed by atoms with Crippen molar-refractivity contribution in [1.29, 1.82) is 0 Å². The Bertz CT molecular complexity index is 805. The van der Waals surface area contributed by atoms with Crippen molar-refractivity contribution in [3.05, 3.63) is 35.2 Å². The van der Waals surface area contributed by atoms with E-state index < -0.39 is 0 Å². The Morgan fingerprint density at radius 3 is 2.88 bits per heavy atom. The lowest BCUT2D eigenvalue weighted by Gasteiger charge is -2.11. The summed E-state index contributed by atoms with van der Waals surface area (Å²) in [6.07, 6.45) is 7.23. The van der Waals surface area contributed by atoms with Gasteiger partial charge in [-0.2, -0.15) is 4.98 Å². The first-order valence-corrected chi connectivity index (χ1v) is 9.38. The molecule has 3 aliphatic carbocycles. The minimum atomic E-state index is -0.0546. The summed E-state index contributed by atoms with van der Waals surface area (Å²) >= 11 is 0. The van der Waals surface area contributed by atoms with Crippen LogP contribution in [-0.2, 0) is 16.0 Å². The van der Waals surface area contributed by atoms with Gasteiger partial charge in [0.05, 0.1) is 13.0 Å². The van der Waals surface area contributed by atoms with E-state index in [-0.39, 0.29) is 11.9 Å². The Hall–Kier alpha value is -2.17. The van der Waals surface area contributed by atoms with Crippen LogP contribution in [0.15, 0.2) is 22.7 Å². The van der Waals surface area contributed by atoms with Crippen molar-refractivity contribution >= 4 is 5.97 Å². The van der Waals surface area contributed by atoms with Crippen LogP contribution in [0.3, 0.4) is 0 Å². The maximum absolute atomic E-state index is 12.0. The lowest BCUT2D eigenvalue weighted by molar-refractivity contribution is -0.144. The van der Waals surface area contributed by atoms with E-state index in [0.717, 1.165) is 37.1 Å². The predicted molar refractivity (Wildman–Crippen MR) is 91.1 cm³/mol. The summed E-state index contributed by atoms with van der Waals surface area (Å²) < 4.78 is 10.8. The molecular weight excluding hydrogens is 316 g/mol. The van der Waals surface area contributed by atoms with Crippen LogP contribution in [0.25, 0.3) is 11.4 Å². The van der Waals surface area contributed by atoms with E-state index in [1.807, 2.05) is 6.07 Å². The van der Waals surface area contributed by atoms with Crippen molar-refractivity contribution in [2.45, 2.75) is 56.8 Å². The molecule has 0 saturated heterocycles. The average molecular weight is 338 g/mol. The van der Waals surface area contributed by atoms with Crippen molar-refractivity contribution in [1.82, 2.24) is 10.1 Å². The number of nitrogens with zero attached hydrogens (tertiary/aromatic N) is 2. The van der Waals surface area contributed by atoms with Gasteiger partial charge >= 0.3 is 5.97 Å². The fourth-order valence-electron chi connectivity index (χ4n) is 3.66. The Balaban J connectivity index is 1.28. The summed E-state index contributed by atoms with van der Waals surface area (Å²) in [5.41, 5.74) is 3.58. The van der Waals surface area contributed by atoms with Gasteiger partial charge in [-0.3, -0.25) is 4.79 Å². The molecule has 25 heavy (non-hydrogen) atoms. The lowest BCUT2D eigenvalue weighted by Crippen LogP contribution is -2.10. The SMILES string of the molecule is O=C(C[C@@H]1CCc2cc(-c3noc(C4CC4)n3)ccc21)OCC1CC1. The zero-order valence-corrected chi connectivity index (χ0v) is 14.2. The molecule has 5 heteroatoms. The molecule has 2 saturated carbocycles. The first-order valence-electron chi connectivity index (χ1n) is 9.38. The number of aryl methyl sites for hydroxylation is 1. The maximum atomic E-state index is 12.0. The highest BCUT2D eigenvalue weighted by atomic mass is 16.5. The zero-order valence-electron chi connectivity index (χ0n) is 14.2. The van der Waals surface area contributed by atoms with Gasteiger partial charge in [-0.1, -0.05) is 17.3 Å². The zero-order chi connectivity index (χ0) is 16.8. The highest BCUT2D eigenvalue weighted by Crippen LogP contribution is 2.41. The van der Waals surface area contributed by atoms with Gasteiger partial charge < -0.3 is 9.26 Å². The molecule has 0 N–H and O–H groups in total.